The lowest BCUT2D eigenvalue weighted by Gasteiger charge is -2.35. The predicted octanol–water partition coefficient (Wildman–Crippen LogP) is 4.31. The Morgan fingerprint density at radius 2 is 1.71 bits per heavy atom. The van der Waals surface area contributed by atoms with E-state index in [1.807, 2.05) is 61.2 Å². The van der Waals surface area contributed by atoms with Gasteiger partial charge in [-0.05, 0) is 43.2 Å². The number of aromatic nitrogens is 2. The molecule has 28 heavy (non-hydrogen) atoms. The SMILES string of the molecule is Cc1ccc(C(=O)N2CCN(c3cc(-c4ccc(Cl)cc4)[nH]n3)CC2)c(C)c1. The Bertz CT molecular complexity index is 988. The maximum atomic E-state index is 12.9. The zero-order valence-electron chi connectivity index (χ0n) is 16.1. The second-order valence-electron chi connectivity index (χ2n) is 7.24. The molecule has 0 radical (unpaired) electrons. The van der Waals surface area contributed by atoms with Crippen LogP contribution >= 0.6 is 11.6 Å². The molecule has 6 heteroatoms. The first-order chi connectivity index (χ1) is 13.5. The summed E-state index contributed by atoms with van der Waals surface area (Å²) in [6.45, 7) is 6.95. The summed E-state index contributed by atoms with van der Waals surface area (Å²) in [4.78, 5) is 17.0. The van der Waals surface area contributed by atoms with Crippen LogP contribution < -0.4 is 4.90 Å². The molecule has 0 unspecified atom stereocenters. The van der Waals surface area contributed by atoms with Crippen LogP contribution in [0.2, 0.25) is 5.02 Å². The topological polar surface area (TPSA) is 52.2 Å². The quantitative estimate of drug-likeness (QED) is 0.720. The number of hydrogen-bond acceptors (Lipinski definition) is 3. The fourth-order valence-corrected chi connectivity index (χ4v) is 3.74. The summed E-state index contributed by atoms with van der Waals surface area (Å²) in [6, 6.07) is 15.7. The first-order valence-corrected chi connectivity index (χ1v) is 9.82. The molecule has 0 aliphatic carbocycles. The Labute approximate surface area is 169 Å². The molecular weight excluding hydrogens is 372 g/mol. The second kappa shape index (κ2) is 7.68. The minimum Gasteiger partial charge on any atom is -0.352 e. The van der Waals surface area contributed by atoms with E-state index in [4.69, 9.17) is 11.6 Å². The molecule has 3 aromatic rings. The van der Waals surface area contributed by atoms with Crippen LogP contribution in [0.5, 0.6) is 0 Å². The lowest BCUT2D eigenvalue weighted by molar-refractivity contribution is 0.0746. The molecule has 144 valence electrons. The number of hydrogen-bond donors (Lipinski definition) is 1. The molecular formula is C22H23ClN4O. The number of carbonyl (C=O) groups excluding carboxylic acids is 1. The maximum Gasteiger partial charge on any atom is 0.254 e. The minimum atomic E-state index is 0.112. The monoisotopic (exact) mass is 394 g/mol. The molecule has 0 saturated carbocycles. The number of carbonyl (C=O) groups is 1. The number of halogens is 1. The van der Waals surface area contributed by atoms with Crippen molar-refractivity contribution < 1.29 is 4.79 Å². The van der Waals surface area contributed by atoms with Crippen molar-refractivity contribution in [2.45, 2.75) is 13.8 Å². The van der Waals surface area contributed by atoms with E-state index < -0.39 is 0 Å². The number of rotatable bonds is 3. The summed E-state index contributed by atoms with van der Waals surface area (Å²) in [5, 5.41) is 8.27. The van der Waals surface area contributed by atoms with Gasteiger partial charge in [-0.3, -0.25) is 9.89 Å². The highest BCUT2D eigenvalue weighted by atomic mass is 35.5. The first kappa shape index (κ1) is 18.6. The number of piperazine rings is 1. The van der Waals surface area contributed by atoms with E-state index in [2.05, 4.69) is 21.2 Å². The molecule has 0 bridgehead atoms. The van der Waals surface area contributed by atoms with E-state index >= 15 is 0 Å². The molecule has 1 aliphatic heterocycles. The molecule has 2 aromatic carbocycles. The van der Waals surface area contributed by atoms with Gasteiger partial charge in [-0.1, -0.05) is 41.4 Å². The van der Waals surface area contributed by atoms with Crippen LogP contribution in [0.4, 0.5) is 5.82 Å². The van der Waals surface area contributed by atoms with Gasteiger partial charge in [0.25, 0.3) is 5.91 Å². The largest absolute Gasteiger partial charge is 0.352 e. The van der Waals surface area contributed by atoms with E-state index in [9.17, 15) is 4.79 Å². The van der Waals surface area contributed by atoms with Gasteiger partial charge in [-0.2, -0.15) is 5.10 Å². The zero-order chi connectivity index (χ0) is 19.7. The molecule has 1 saturated heterocycles. The number of benzene rings is 2. The number of nitrogens with zero attached hydrogens (tertiary/aromatic N) is 3. The standard InChI is InChI=1S/C22H23ClN4O/c1-15-3-8-19(16(2)13-15)22(28)27-11-9-26(10-12-27)21-14-20(24-25-21)17-4-6-18(23)7-5-17/h3-8,13-14H,9-12H2,1-2H3,(H,24,25). The molecule has 0 atom stereocenters. The number of anilines is 1. The van der Waals surface area contributed by atoms with Gasteiger partial charge in [-0.15, -0.1) is 0 Å². The van der Waals surface area contributed by atoms with Crippen molar-refractivity contribution in [3.8, 4) is 11.3 Å². The first-order valence-electron chi connectivity index (χ1n) is 9.44. The molecule has 1 N–H and O–H groups in total. The second-order valence-corrected chi connectivity index (χ2v) is 7.68. The van der Waals surface area contributed by atoms with Crippen LogP contribution in [-0.2, 0) is 0 Å². The number of aryl methyl sites for hydroxylation is 2. The van der Waals surface area contributed by atoms with Gasteiger partial charge in [0.1, 0.15) is 0 Å². The van der Waals surface area contributed by atoms with E-state index in [0.717, 1.165) is 41.3 Å². The van der Waals surface area contributed by atoms with E-state index in [0.29, 0.717) is 18.1 Å². The Morgan fingerprint density at radius 1 is 1.00 bits per heavy atom. The van der Waals surface area contributed by atoms with Gasteiger partial charge in [0, 0.05) is 42.8 Å². The average Bonchev–Trinajstić information content (AvgIpc) is 3.18. The Kier molecular flexibility index (Phi) is 5.09. The lowest BCUT2D eigenvalue weighted by atomic mass is 10.0. The van der Waals surface area contributed by atoms with Crippen LogP contribution in [-0.4, -0.2) is 47.2 Å². The molecule has 1 amide bonds. The maximum absolute atomic E-state index is 12.9. The predicted molar refractivity (Wildman–Crippen MR) is 113 cm³/mol. The van der Waals surface area contributed by atoms with Crippen molar-refractivity contribution in [3.05, 3.63) is 70.2 Å². The van der Waals surface area contributed by atoms with Crippen LogP contribution in [0, 0.1) is 13.8 Å². The Balaban J connectivity index is 1.41. The average molecular weight is 395 g/mol. The van der Waals surface area contributed by atoms with Gasteiger partial charge >= 0.3 is 0 Å². The molecule has 2 heterocycles. The van der Waals surface area contributed by atoms with Crippen molar-refractivity contribution in [1.82, 2.24) is 15.1 Å². The van der Waals surface area contributed by atoms with Crippen molar-refractivity contribution in [3.63, 3.8) is 0 Å². The van der Waals surface area contributed by atoms with Gasteiger partial charge < -0.3 is 9.80 Å². The summed E-state index contributed by atoms with van der Waals surface area (Å²) < 4.78 is 0. The van der Waals surface area contributed by atoms with E-state index in [1.54, 1.807) is 0 Å². The van der Waals surface area contributed by atoms with Crippen LogP contribution in [0.15, 0.2) is 48.5 Å². The molecule has 0 spiro atoms. The summed E-state index contributed by atoms with van der Waals surface area (Å²) >= 11 is 5.96. The summed E-state index contributed by atoms with van der Waals surface area (Å²) in [5.74, 6) is 1.02. The summed E-state index contributed by atoms with van der Waals surface area (Å²) in [6.07, 6.45) is 0. The Morgan fingerprint density at radius 3 is 2.39 bits per heavy atom. The third-order valence-corrected chi connectivity index (χ3v) is 5.47. The van der Waals surface area contributed by atoms with E-state index in [-0.39, 0.29) is 5.91 Å². The van der Waals surface area contributed by atoms with Crippen LogP contribution in [0.25, 0.3) is 11.3 Å². The molecule has 5 nitrogen and oxygen atoms in total. The van der Waals surface area contributed by atoms with Crippen LogP contribution in [0.1, 0.15) is 21.5 Å². The highest BCUT2D eigenvalue weighted by Crippen LogP contribution is 2.24. The summed E-state index contributed by atoms with van der Waals surface area (Å²) in [7, 11) is 0. The van der Waals surface area contributed by atoms with Crippen molar-refractivity contribution in [2.24, 2.45) is 0 Å². The molecule has 1 aromatic heterocycles. The number of aromatic amines is 1. The highest BCUT2D eigenvalue weighted by molar-refractivity contribution is 6.30. The number of amides is 1. The molecule has 1 aliphatic rings. The van der Waals surface area contributed by atoms with E-state index in [1.165, 1.54) is 5.56 Å². The summed E-state index contributed by atoms with van der Waals surface area (Å²) in [5.41, 5.74) is 5.01. The normalized spacial score (nSPS) is 14.4. The smallest absolute Gasteiger partial charge is 0.254 e. The Hall–Kier alpha value is -2.79. The van der Waals surface area contributed by atoms with Crippen LogP contribution in [0.3, 0.4) is 0 Å². The van der Waals surface area contributed by atoms with Gasteiger partial charge in [0.15, 0.2) is 5.82 Å². The lowest BCUT2D eigenvalue weighted by Crippen LogP contribution is -2.49. The fourth-order valence-electron chi connectivity index (χ4n) is 3.61. The van der Waals surface area contributed by atoms with Gasteiger partial charge in [0.2, 0.25) is 0 Å². The van der Waals surface area contributed by atoms with Crippen molar-refractivity contribution >= 4 is 23.3 Å². The third-order valence-electron chi connectivity index (χ3n) is 5.22. The van der Waals surface area contributed by atoms with Crippen molar-refractivity contribution in [2.75, 3.05) is 31.1 Å². The van der Waals surface area contributed by atoms with Crippen molar-refractivity contribution in [1.29, 1.82) is 0 Å². The third kappa shape index (κ3) is 3.76. The highest BCUT2D eigenvalue weighted by Gasteiger charge is 2.24. The van der Waals surface area contributed by atoms with Gasteiger partial charge in [0.05, 0.1) is 5.69 Å². The molecule has 4 rings (SSSR count). The zero-order valence-corrected chi connectivity index (χ0v) is 16.8. The number of nitrogens with one attached hydrogen (secondary N) is 1. The number of H-pyrrole nitrogens is 1. The minimum absolute atomic E-state index is 0.112. The van der Waals surface area contributed by atoms with Gasteiger partial charge in [-0.25, -0.2) is 0 Å². The fraction of sp³-hybridized carbons (Fsp3) is 0.273. The molecule has 1 fully saturated rings.